The largest absolute Gasteiger partial charge is 0.473 e. The SMILES string of the molecule is Cn1nc(OC2CC2)cc1C(=O)NC1CCCn2nc(-c3ccnc(C(F)(F)F)c3)cc21. The highest BCUT2D eigenvalue weighted by Crippen LogP contribution is 2.33. The highest BCUT2D eigenvalue weighted by Gasteiger charge is 2.33. The molecule has 0 radical (unpaired) electrons. The molecule has 3 aromatic rings. The Morgan fingerprint density at radius 3 is 2.75 bits per heavy atom. The first kappa shape index (κ1) is 20.5. The number of aromatic nitrogens is 5. The molecule has 0 spiro atoms. The summed E-state index contributed by atoms with van der Waals surface area (Å²) in [5.41, 5.74) is 0.900. The van der Waals surface area contributed by atoms with Gasteiger partial charge in [-0.3, -0.25) is 19.1 Å². The van der Waals surface area contributed by atoms with Crippen molar-refractivity contribution in [1.29, 1.82) is 0 Å². The predicted octanol–water partition coefficient (Wildman–Crippen LogP) is 3.50. The third-order valence-electron chi connectivity index (χ3n) is 5.58. The molecule has 4 heterocycles. The number of hydrogen-bond acceptors (Lipinski definition) is 5. The smallest absolute Gasteiger partial charge is 0.433 e. The van der Waals surface area contributed by atoms with E-state index in [9.17, 15) is 18.0 Å². The molecule has 1 saturated carbocycles. The molecule has 32 heavy (non-hydrogen) atoms. The summed E-state index contributed by atoms with van der Waals surface area (Å²) < 4.78 is 48.0. The zero-order valence-corrected chi connectivity index (χ0v) is 17.3. The molecular weight excluding hydrogens is 425 g/mol. The number of alkyl halides is 3. The molecule has 2 aliphatic rings. The van der Waals surface area contributed by atoms with Crippen LogP contribution < -0.4 is 10.1 Å². The summed E-state index contributed by atoms with van der Waals surface area (Å²) in [4.78, 5) is 16.3. The zero-order chi connectivity index (χ0) is 22.5. The van der Waals surface area contributed by atoms with Gasteiger partial charge in [0.25, 0.3) is 5.91 Å². The van der Waals surface area contributed by atoms with Gasteiger partial charge in [0.1, 0.15) is 17.5 Å². The van der Waals surface area contributed by atoms with Gasteiger partial charge in [0, 0.05) is 31.4 Å². The van der Waals surface area contributed by atoms with Crippen LogP contribution in [0.3, 0.4) is 0 Å². The van der Waals surface area contributed by atoms with Crippen molar-refractivity contribution in [1.82, 2.24) is 29.9 Å². The molecule has 1 aliphatic carbocycles. The van der Waals surface area contributed by atoms with E-state index in [2.05, 4.69) is 20.5 Å². The van der Waals surface area contributed by atoms with Crippen LogP contribution in [0.15, 0.2) is 30.5 Å². The van der Waals surface area contributed by atoms with Crippen LogP contribution in [0.4, 0.5) is 13.2 Å². The van der Waals surface area contributed by atoms with Crippen molar-refractivity contribution in [2.45, 2.75) is 50.6 Å². The number of amides is 1. The van der Waals surface area contributed by atoms with Gasteiger partial charge in [0.2, 0.25) is 5.88 Å². The van der Waals surface area contributed by atoms with Crippen LogP contribution in [0.5, 0.6) is 5.88 Å². The number of nitrogens with zero attached hydrogens (tertiary/aromatic N) is 5. The Morgan fingerprint density at radius 1 is 1.19 bits per heavy atom. The van der Waals surface area contributed by atoms with E-state index in [0.29, 0.717) is 35.8 Å². The van der Waals surface area contributed by atoms with Crippen LogP contribution in [0.25, 0.3) is 11.3 Å². The number of carbonyl (C=O) groups is 1. The van der Waals surface area contributed by atoms with Gasteiger partial charge in [-0.15, -0.1) is 5.10 Å². The van der Waals surface area contributed by atoms with Crippen LogP contribution in [0.2, 0.25) is 0 Å². The number of nitrogens with one attached hydrogen (secondary N) is 1. The van der Waals surface area contributed by atoms with Gasteiger partial charge in [-0.1, -0.05) is 0 Å². The number of pyridine rings is 1. The molecule has 0 bridgehead atoms. The maximum absolute atomic E-state index is 13.0. The molecule has 1 unspecified atom stereocenters. The summed E-state index contributed by atoms with van der Waals surface area (Å²) in [5, 5.41) is 11.7. The molecule has 1 aliphatic heterocycles. The van der Waals surface area contributed by atoms with E-state index in [1.54, 1.807) is 23.9 Å². The van der Waals surface area contributed by atoms with Crippen LogP contribution in [-0.2, 0) is 19.8 Å². The molecule has 1 fully saturated rings. The number of fused-ring (bicyclic) bond motifs is 1. The van der Waals surface area contributed by atoms with Gasteiger partial charge in [-0.25, -0.2) is 0 Å². The second-order valence-corrected chi connectivity index (χ2v) is 8.08. The van der Waals surface area contributed by atoms with E-state index in [1.165, 1.54) is 10.7 Å². The van der Waals surface area contributed by atoms with Crippen LogP contribution in [0.1, 0.15) is 53.6 Å². The molecule has 3 aromatic heterocycles. The summed E-state index contributed by atoms with van der Waals surface area (Å²) in [6.45, 7) is 0.629. The second kappa shape index (κ2) is 7.64. The Kier molecular flexibility index (Phi) is 4.90. The second-order valence-electron chi connectivity index (χ2n) is 8.08. The third-order valence-corrected chi connectivity index (χ3v) is 5.58. The molecule has 5 rings (SSSR count). The fourth-order valence-corrected chi connectivity index (χ4v) is 3.82. The highest BCUT2D eigenvalue weighted by atomic mass is 19.4. The van der Waals surface area contributed by atoms with Crippen molar-refractivity contribution in [3.63, 3.8) is 0 Å². The normalized spacial score (nSPS) is 18.3. The lowest BCUT2D eigenvalue weighted by Gasteiger charge is -2.24. The molecule has 168 valence electrons. The van der Waals surface area contributed by atoms with Crippen molar-refractivity contribution in [3.8, 4) is 17.1 Å². The minimum absolute atomic E-state index is 0.179. The fourth-order valence-electron chi connectivity index (χ4n) is 3.82. The topological polar surface area (TPSA) is 86.9 Å². The van der Waals surface area contributed by atoms with E-state index < -0.39 is 11.9 Å². The molecule has 1 N–H and O–H groups in total. The van der Waals surface area contributed by atoms with Gasteiger partial charge < -0.3 is 10.1 Å². The summed E-state index contributed by atoms with van der Waals surface area (Å²) in [6.07, 6.45) is 0.242. The van der Waals surface area contributed by atoms with Crippen LogP contribution in [0, 0.1) is 0 Å². The fraction of sp³-hybridized carbons (Fsp3) is 0.429. The molecule has 0 saturated heterocycles. The Bertz CT molecular complexity index is 1160. The Balaban J connectivity index is 1.37. The molecular formula is C21H21F3N6O2. The Hall–Kier alpha value is -3.37. The van der Waals surface area contributed by atoms with E-state index in [4.69, 9.17) is 4.74 Å². The minimum Gasteiger partial charge on any atom is -0.473 e. The number of aryl methyl sites for hydroxylation is 2. The first-order valence-corrected chi connectivity index (χ1v) is 10.4. The van der Waals surface area contributed by atoms with Crippen LogP contribution in [-0.4, -0.2) is 36.6 Å². The lowest BCUT2D eigenvalue weighted by Crippen LogP contribution is -2.33. The van der Waals surface area contributed by atoms with Gasteiger partial charge >= 0.3 is 6.18 Å². The summed E-state index contributed by atoms with van der Waals surface area (Å²) in [7, 11) is 1.68. The molecule has 8 nitrogen and oxygen atoms in total. The molecule has 11 heteroatoms. The van der Waals surface area contributed by atoms with Crippen molar-refractivity contribution in [3.05, 3.63) is 47.5 Å². The number of halogens is 3. The van der Waals surface area contributed by atoms with E-state index >= 15 is 0 Å². The van der Waals surface area contributed by atoms with Crippen LogP contribution >= 0.6 is 0 Å². The van der Waals surface area contributed by atoms with Crippen molar-refractivity contribution in [2.24, 2.45) is 7.05 Å². The lowest BCUT2D eigenvalue weighted by molar-refractivity contribution is -0.141. The third kappa shape index (κ3) is 4.06. The predicted molar refractivity (Wildman–Crippen MR) is 107 cm³/mol. The Labute approximate surface area is 181 Å². The average molecular weight is 446 g/mol. The lowest BCUT2D eigenvalue weighted by atomic mass is 10.0. The zero-order valence-electron chi connectivity index (χ0n) is 17.3. The van der Waals surface area contributed by atoms with E-state index in [0.717, 1.165) is 37.2 Å². The maximum Gasteiger partial charge on any atom is 0.433 e. The van der Waals surface area contributed by atoms with Crippen molar-refractivity contribution in [2.75, 3.05) is 0 Å². The molecule has 0 aromatic carbocycles. The van der Waals surface area contributed by atoms with E-state index in [-0.39, 0.29) is 18.1 Å². The van der Waals surface area contributed by atoms with Crippen molar-refractivity contribution >= 4 is 5.91 Å². The minimum atomic E-state index is -4.53. The van der Waals surface area contributed by atoms with E-state index in [1.807, 2.05) is 0 Å². The first-order chi connectivity index (χ1) is 15.3. The number of carbonyl (C=O) groups excluding carboxylic acids is 1. The molecule has 1 atom stereocenters. The summed E-state index contributed by atoms with van der Waals surface area (Å²) in [5.74, 6) is 0.129. The Morgan fingerprint density at radius 2 is 2.00 bits per heavy atom. The number of rotatable bonds is 5. The summed E-state index contributed by atoms with van der Waals surface area (Å²) >= 11 is 0. The van der Waals surface area contributed by atoms with Gasteiger partial charge in [0.15, 0.2) is 0 Å². The maximum atomic E-state index is 13.0. The first-order valence-electron chi connectivity index (χ1n) is 10.4. The number of hydrogen-bond donors (Lipinski definition) is 1. The van der Waals surface area contributed by atoms with Gasteiger partial charge in [-0.2, -0.15) is 18.3 Å². The quantitative estimate of drug-likeness (QED) is 0.648. The van der Waals surface area contributed by atoms with Gasteiger partial charge in [0.05, 0.1) is 17.4 Å². The number of ether oxygens (including phenoxy) is 1. The van der Waals surface area contributed by atoms with Gasteiger partial charge in [-0.05, 0) is 43.9 Å². The monoisotopic (exact) mass is 446 g/mol. The molecule has 1 amide bonds. The average Bonchev–Trinajstić information content (AvgIpc) is 3.31. The van der Waals surface area contributed by atoms with Crippen molar-refractivity contribution < 1.29 is 22.7 Å². The highest BCUT2D eigenvalue weighted by molar-refractivity contribution is 5.93. The standard InChI is InChI=1S/C21H21F3N6O2/c1-29-17(11-19(28-29)32-13-4-5-13)20(31)26-14-3-2-8-30-16(14)10-15(27-30)12-6-7-25-18(9-12)21(22,23)24/h6-7,9-11,13-14H,2-5,8H2,1H3,(H,26,31). The summed E-state index contributed by atoms with van der Waals surface area (Å²) in [6, 6.07) is 5.51.